The van der Waals surface area contributed by atoms with E-state index < -0.39 is 77.5 Å². The molecule has 1 N–H and O–H groups in total. The molecule has 13 nitrogen and oxygen atoms in total. The number of ketones is 2. The van der Waals surface area contributed by atoms with Gasteiger partial charge in [0.2, 0.25) is 0 Å². The van der Waals surface area contributed by atoms with Crippen molar-refractivity contribution < 1.29 is 48.1 Å². The van der Waals surface area contributed by atoms with Gasteiger partial charge < -0.3 is 19.3 Å². The molecule has 54 heavy (non-hydrogen) atoms. The molecule has 13 heteroatoms. The minimum Gasteiger partial charge on any atom is -0.479 e. The molecule has 3 aromatic rings. The Bertz CT molecular complexity index is 1960. The number of rotatable bonds is 9. The number of Topliss-reactive ketones (excluding diaryl/α,β-unsaturated/α-hetero) is 2. The monoisotopic (exact) mass is 743 g/mol. The molecule has 2 aliphatic heterocycles. The summed E-state index contributed by atoms with van der Waals surface area (Å²) in [6, 6.07) is 14.3. The van der Waals surface area contributed by atoms with Crippen LogP contribution >= 0.6 is 0 Å². The van der Waals surface area contributed by atoms with Crippen molar-refractivity contribution in [3.8, 4) is 11.1 Å². The Kier molecular flexibility index (Phi) is 11.2. The highest BCUT2D eigenvalue weighted by molar-refractivity contribution is 6.02. The molecule has 2 fully saturated rings. The number of amides is 2. The number of carbonyl (C=O) groups excluding carboxylic acids is 5. The highest BCUT2D eigenvalue weighted by Gasteiger charge is 2.55. The maximum Gasteiger partial charge on any atom is 0.411 e. The summed E-state index contributed by atoms with van der Waals surface area (Å²) in [7, 11) is 0. The van der Waals surface area contributed by atoms with Gasteiger partial charge in [-0.05, 0) is 103 Å². The number of benzene rings is 2. The summed E-state index contributed by atoms with van der Waals surface area (Å²) in [6.45, 7) is 13.9. The molecule has 2 aliphatic rings. The van der Waals surface area contributed by atoms with E-state index in [0.717, 1.165) is 16.5 Å². The van der Waals surface area contributed by atoms with Crippen LogP contribution in [0.1, 0.15) is 102 Å². The molecule has 5 rings (SSSR count). The molecule has 0 bridgehead atoms. The van der Waals surface area contributed by atoms with Crippen LogP contribution in [0.25, 0.3) is 22.0 Å². The number of nitrogens with zero attached hydrogens (tertiary/aromatic N) is 3. The summed E-state index contributed by atoms with van der Waals surface area (Å²) in [5, 5.41) is 11.1. The van der Waals surface area contributed by atoms with Gasteiger partial charge in [0.25, 0.3) is 0 Å². The van der Waals surface area contributed by atoms with Crippen LogP contribution in [0.3, 0.4) is 0 Å². The average molecular weight is 744 g/mol. The van der Waals surface area contributed by atoms with Crippen LogP contribution in [-0.2, 0) is 23.8 Å². The number of fused-ring (bicyclic) bond motifs is 1. The summed E-state index contributed by atoms with van der Waals surface area (Å²) in [5.41, 5.74) is -0.730. The van der Waals surface area contributed by atoms with Crippen molar-refractivity contribution in [3.63, 3.8) is 0 Å². The SMILES string of the molecule is C[C@H]1C[C@@H](C(=O)OCC(=O)c2ccc(-c3ccc4nc(C(=O)C[C@@]5(C(=O)O)CC[C@H](C)N5C(=O)OC(C)(C)C)ccc4c3)cc2)N(C(=O)OC(C)(C)C)C1. The van der Waals surface area contributed by atoms with Gasteiger partial charge in [-0.15, -0.1) is 0 Å². The molecular formula is C41H49N3O10. The Hall–Kier alpha value is -5.33. The van der Waals surface area contributed by atoms with Crippen LogP contribution in [0, 0.1) is 5.92 Å². The first-order valence-corrected chi connectivity index (χ1v) is 18.2. The van der Waals surface area contributed by atoms with E-state index in [2.05, 4.69) is 4.98 Å². The third-order valence-electron chi connectivity index (χ3n) is 9.59. The Labute approximate surface area is 314 Å². The molecule has 0 spiro atoms. The van der Waals surface area contributed by atoms with E-state index in [1.165, 1.54) is 9.80 Å². The number of carboxylic acids is 1. The normalized spacial score (nSPS) is 21.5. The average Bonchev–Trinajstić information content (AvgIpc) is 3.65. The lowest BCUT2D eigenvalue weighted by Crippen LogP contribution is -2.57. The van der Waals surface area contributed by atoms with Crippen LogP contribution in [0.15, 0.2) is 54.6 Å². The maximum absolute atomic E-state index is 13.6. The summed E-state index contributed by atoms with van der Waals surface area (Å²) < 4.78 is 16.3. The highest BCUT2D eigenvalue weighted by Crippen LogP contribution is 2.39. The third kappa shape index (κ3) is 8.88. The smallest absolute Gasteiger partial charge is 0.411 e. The fourth-order valence-electron chi connectivity index (χ4n) is 7.02. The van der Waals surface area contributed by atoms with Crippen LogP contribution in [0.2, 0.25) is 0 Å². The van der Waals surface area contributed by atoms with Crippen molar-refractivity contribution >= 4 is 46.6 Å². The number of carbonyl (C=O) groups is 6. The van der Waals surface area contributed by atoms with Gasteiger partial charge >= 0.3 is 24.1 Å². The summed E-state index contributed by atoms with van der Waals surface area (Å²) in [6.07, 6.45) is -0.883. The van der Waals surface area contributed by atoms with Crippen molar-refractivity contribution in [1.82, 2.24) is 14.8 Å². The fraction of sp³-hybridized carbons (Fsp3) is 0.488. The topological polar surface area (TPSA) is 170 Å². The number of hydrogen-bond donors (Lipinski definition) is 1. The lowest BCUT2D eigenvalue weighted by Gasteiger charge is -2.37. The predicted molar refractivity (Wildman–Crippen MR) is 199 cm³/mol. The van der Waals surface area contributed by atoms with E-state index in [9.17, 15) is 33.9 Å². The van der Waals surface area contributed by atoms with Crippen molar-refractivity contribution in [2.24, 2.45) is 5.92 Å². The zero-order valence-corrected chi connectivity index (χ0v) is 32.1. The van der Waals surface area contributed by atoms with E-state index in [0.29, 0.717) is 30.5 Å². The highest BCUT2D eigenvalue weighted by atomic mass is 16.6. The lowest BCUT2D eigenvalue weighted by atomic mass is 9.89. The first-order valence-electron chi connectivity index (χ1n) is 18.2. The van der Waals surface area contributed by atoms with Crippen molar-refractivity contribution in [2.45, 2.75) is 110 Å². The van der Waals surface area contributed by atoms with Gasteiger partial charge in [0.05, 0.1) is 5.52 Å². The second kappa shape index (κ2) is 15.2. The summed E-state index contributed by atoms with van der Waals surface area (Å²) in [5.74, 6) is -2.74. The standard InChI is InChI=1S/C41H49N3O10/c1-24-19-32(43(22-24)37(50)53-39(3,4)5)35(47)52-23-34(46)27-11-9-26(10-12-27)28-13-15-30-29(20-28)14-16-31(42-30)33(45)21-41(36(48)49)18-17-25(2)44(41)38(51)54-40(6,7)8/h9-16,20,24-25,32H,17-19,21-23H2,1-8H3,(H,48,49)/t24-,25-,32-,41+/m0/s1. The molecule has 2 saturated heterocycles. The van der Waals surface area contributed by atoms with Crippen LogP contribution < -0.4 is 0 Å². The number of hydrogen-bond acceptors (Lipinski definition) is 10. The molecule has 2 aromatic carbocycles. The zero-order chi connectivity index (χ0) is 39.7. The quantitative estimate of drug-likeness (QED) is 0.135. The van der Waals surface area contributed by atoms with E-state index in [1.807, 2.05) is 19.1 Å². The van der Waals surface area contributed by atoms with E-state index in [4.69, 9.17) is 14.2 Å². The Morgan fingerprint density at radius 2 is 1.46 bits per heavy atom. The van der Waals surface area contributed by atoms with E-state index in [-0.39, 0.29) is 18.0 Å². The number of aliphatic carboxylic acids is 1. The second-order valence-electron chi connectivity index (χ2n) is 16.4. The van der Waals surface area contributed by atoms with E-state index >= 15 is 0 Å². The van der Waals surface area contributed by atoms with Gasteiger partial charge in [-0.1, -0.05) is 43.3 Å². The first-order chi connectivity index (χ1) is 25.2. The number of likely N-dealkylation sites (tertiary alicyclic amines) is 2. The minimum absolute atomic E-state index is 0.0735. The van der Waals surface area contributed by atoms with Gasteiger partial charge in [0, 0.05) is 30.0 Å². The van der Waals surface area contributed by atoms with Crippen molar-refractivity contribution in [1.29, 1.82) is 0 Å². The molecule has 0 radical (unpaired) electrons. The number of aromatic nitrogens is 1. The molecule has 0 unspecified atom stereocenters. The number of esters is 1. The van der Waals surface area contributed by atoms with E-state index in [1.54, 1.807) is 90.9 Å². The van der Waals surface area contributed by atoms with Gasteiger partial charge in [-0.25, -0.2) is 24.2 Å². The molecule has 2 amide bonds. The van der Waals surface area contributed by atoms with Crippen LogP contribution in [0.4, 0.5) is 9.59 Å². The lowest BCUT2D eigenvalue weighted by molar-refractivity contribution is -0.150. The second-order valence-corrected chi connectivity index (χ2v) is 16.4. The summed E-state index contributed by atoms with van der Waals surface area (Å²) in [4.78, 5) is 85.0. The van der Waals surface area contributed by atoms with Gasteiger partial charge in [0.1, 0.15) is 22.9 Å². The zero-order valence-electron chi connectivity index (χ0n) is 32.1. The largest absolute Gasteiger partial charge is 0.479 e. The van der Waals surface area contributed by atoms with Gasteiger partial charge in [-0.2, -0.15) is 0 Å². The number of ether oxygens (including phenoxy) is 3. The maximum atomic E-state index is 13.6. The molecule has 3 heterocycles. The molecule has 4 atom stereocenters. The fourth-order valence-corrected chi connectivity index (χ4v) is 7.02. The van der Waals surface area contributed by atoms with Crippen LogP contribution in [0.5, 0.6) is 0 Å². The third-order valence-corrected chi connectivity index (χ3v) is 9.59. The Balaban J connectivity index is 1.24. The van der Waals surface area contributed by atoms with Gasteiger partial charge in [0.15, 0.2) is 23.7 Å². The van der Waals surface area contributed by atoms with Crippen molar-refractivity contribution in [3.05, 3.63) is 65.9 Å². The molecular weight excluding hydrogens is 694 g/mol. The predicted octanol–water partition coefficient (Wildman–Crippen LogP) is 7.09. The molecule has 0 saturated carbocycles. The Morgan fingerprint density at radius 1 is 0.833 bits per heavy atom. The van der Waals surface area contributed by atoms with Crippen LogP contribution in [-0.4, -0.2) is 97.6 Å². The number of carboxylic acid groups (broad SMARTS) is 1. The number of pyridine rings is 1. The molecule has 288 valence electrons. The summed E-state index contributed by atoms with van der Waals surface area (Å²) >= 11 is 0. The van der Waals surface area contributed by atoms with Gasteiger partial charge in [-0.3, -0.25) is 19.4 Å². The molecule has 1 aromatic heterocycles. The minimum atomic E-state index is -1.76. The first kappa shape index (κ1) is 39.9. The Morgan fingerprint density at radius 3 is 2.09 bits per heavy atom. The molecule has 0 aliphatic carbocycles. The van der Waals surface area contributed by atoms with Crippen molar-refractivity contribution in [2.75, 3.05) is 13.2 Å².